The summed E-state index contributed by atoms with van der Waals surface area (Å²) < 4.78 is 0. The highest BCUT2D eigenvalue weighted by molar-refractivity contribution is 5.95. The molecule has 2 atom stereocenters. The molecule has 0 aromatic heterocycles. The second-order valence-corrected chi connectivity index (χ2v) is 6.71. The maximum absolute atomic E-state index is 11.8. The Bertz CT molecular complexity index is 685. The summed E-state index contributed by atoms with van der Waals surface area (Å²) in [7, 11) is 0. The number of carbonyl (C=O) groups excluding carboxylic acids is 1. The standard InChI is InChI=1S/C21H26N2O2/c1-16(22-15-20(24)14-17-6-3-2-4-7-17)18-9-11-19(12-10-18)23-13-5-8-21(23)25/h2-4,6-7,9-12,16,20,22,24H,5,8,13-15H2,1H3. The molecule has 1 heterocycles. The Hall–Kier alpha value is -2.17. The number of nitrogens with one attached hydrogen (secondary N) is 1. The van der Waals surface area contributed by atoms with Gasteiger partial charge in [0.2, 0.25) is 5.91 Å². The van der Waals surface area contributed by atoms with Crippen LogP contribution in [0.5, 0.6) is 0 Å². The van der Waals surface area contributed by atoms with E-state index in [1.54, 1.807) is 0 Å². The smallest absolute Gasteiger partial charge is 0.227 e. The van der Waals surface area contributed by atoms with Crippen LogP contribution in [-0.4, -0.2) is 30.2 Å². The summed E-state index contributed by atoms with van der Waals surface area (Å²) in [6, 6.07) is 18.3. The zero-order chi connectivity index (χ0) is 17.6. The van der Waals surface area contributed by atoms with E-state index in [1.165, 1.54) is 0 Å². The van der Waals surface area contributed by atoms with Gasteiger partial charge in [0.1, 0.15) is 0 Å². The van der Waals surface area contributed by atoms with Crippen LogP contribution in [0, 0.1) is 0 Å². The fraction of sp³-hybridized carbons (Fsp3) is 0.381. The average Bonchev–Trinajstić information content (AvgIpc) is 3.07. The molecule has 2 unspecified atom stereocenters. The van der Waals surface area contributed by atoms with Crippen LogP contribution in [0.1, 0.15) is 36.9 Å². The van der Waals surface area contributed by atoms with Gasteiger partial charge in [-0.25, -0.2) is 0 Å². The molecule has 0 saturated carbocycles. The summed E-state index contributed by atoms with van der Waals surface area (Å²) in [6.45, 7) is 3.45. The van der Waals surface area contributed by atoms with Gasteiger partial charge in [-0.2, -0.15) is 0 Å². The first kappa shape index (κ1) is 17.6. The summed E-state index contributed by atoms with van der Waals surface area (Å²) in [5, 5.41) is 13.6. The van der Waals surface area contributed by atoms with E-state index in [-0.39, 0.29) is 11.9 Å². The van der Waals surface area contributed by atoms with Gasteiger partial charge < -0.3 is 15.3 Å². The van der Waals surface area contributed by atoms with Crippen LogP contribution < -0.4 is 10.2 Å². The van der Waals surface area contributed by atoms with Gasteiger partial charge in [-0.05, 0) is 43.0 Å². The molecular weight excluding hydrogens is 312 g/mol. The second kappa shape index (κ2) is 8.28. The van der Waals surface area contributed by atoms with Gasteiger partial charge in [-0.3, -0.25) is 4.79 Å². The number of rotatable bonds is 7. The normalized spacial score (nSPS) is 16.9. The number of aliphatic hydroxyl groups excluding tert-OH is 1. The van der Waals surface area contributed by atoms with Crippen LogP contribution in [0.25, 0.3) is 0 Å². The molecule has 25 heavy (non-hydrogen) atoms. The van der Waals surface area contributed by atoms with Crippen molar-refractivity contribution in [3.8, 4) is 0 Å². The molecule has 4 heteroatoms. The maximum atomic E-state index is 11.8. The summed E-state index contributed by atoms with van der Waals surface area (Å²) in [4.78, 5) is 13.7. The summed E-state index contributed by atoms with van der Waals surface area (Å²) >= 11 is 0. The monoisotopic (exact) mass is 338 g/mol. The SMILES string of the molecule is CC(NCC(O)Cc1ccccc1)c1ccc(N2CCCC2=O)cc1. The molecule has 2 N–H and O–H groups in total. The molecule has 2 aromatic rings. The molecule has 1 fully saturated rings. The lowest BCUT2D eigenvalue weighted by Gasteiger charge is -2.20. The molecular formula is C21H26N2O2. The fourth-order valence-electron chi connectivity index (χ4n) is 3.25. The van der Waals surface area contributed by atoms with E-state index < -0.39 is 6.10 Å². The van der Waals surface area contributed by atoms with Gasteiger partial charge in [0, 0.05) is 31.2 Å². The number of hydrogen-bond donors (Lipinski definition) is 2. The van der Waals surface area contributed by atoms with Crippen molar-refractivity contribution < 1.29 is 9.90 Å². The largest absolute Gasteiger partial charge is 0.391 e. The fourth-order valence-corrected chi connectivity index (χ4v) is 3.25. The summed E-state index contributed by atoms with van der Waals surface area (Å²) in [5.41, 5.74) is 3.27. The number of carbonyl (C=O) groups is 1. The number of amides is 1. The Balaban J connectivity index is 1.51. The van der Waals surface area contributed by atoms with Crippen molar-refractivity contribution in [2.75, 3.05) is 18.0 Å². The maximum Gasteiger partial charge on any atom is 0.227 e. The Morgan fingerprint density at radius 3 is 2.48 bits per heavy atom. The number of nitrogens with zero attached hydrogens (tertiary/aromatic N) is 1. The minimum absolute atomic E-state index is 0.147. The Morgan fingerprint density at radius 1 is 1.12 bits per heavy atom. The van der Waals surface area contributed by atoms with Crippen molar-refractivity contribution in [2.24, 2.45) is 0 Å². The van der Waals surface area contributed by atoms with Crippen molar-refractivity contribution in [3.63, 3.8) is 0 Å². The van der Waals surface area contributed by atoms with Crippen LogP contribution in [0.15, 0.2) is 54.6 Å². The minimum Gasteiger partial charge on any atom is -0.391 e. The van der Waals surface area contributed by atoms with Crippen molar-refractivity contribution in [2.45, 2.75) is 38.3 Å². The van der Waals surface area contributed by atoms with Crippen molar-refractivity contribution in [3.05, 3.63) is 65.7 Å². The molecule has 132 valence electrons. The number of aliphatic hydroxyl groups is 1. The van der Waals surface area contributed by atoms with E-state index in [2.05, 4.69) is 24.4 Å². The van der Waals surface area contributed by atoms with E-state index in [0.29, 0.717) is 19.4 Å². The van der Waals surface area contributed by atoms with Crippen LogP contribution in [-0.2, 0) is 11.2 Å². The molecule has 0 bridgehead atoms. The third-order valence-electron chi connectivity index (χ3n) is 4.75. The zero-order valence-electron chi connectivity index (χ0n) is 14.7. The topological polar surface area (TPSA) is 52.6 Å². The molecule has 1 saturated heterocycles. The Kier molecular flexibility index (Phi) is 5.84. The van der Waals surface area contributed by atoms with E-state index in [1.807, 2.05) is 47.4 Å². The second-order valence-electron chi connectivity index (χ2n) is 6.71. The van der Waals surface area contributed by atoms with Gasteiger partial charge in [0.25, 0.3) is 0 Å². The molecule has 1 aliphatic rings. The van der Waals surface area contributed by atoms with E-state index >= 15 is 0 Å². The lowest BCUT2D eigenvalue weighted by atomic mass is 10.1. The van der Waals surface area contributed by atoms with Crippen molar-refractivity contribution in [1.82, 2.24) is 5.32 Å². The van der Waals surface area contributed by atoms with Crippen LogP contribution in [0.4, 0.5) is 5.69 Å². The first-order valence-corrected chi connectivity index (χ1v) is 8.99. The molecule has 0 aliphatic carbocycles. The van der Waals surface area contributed by atoms with Crippen LogP contribution in [0.2, 0.25) is 0 Å². The van der Waals surface area contributed by atoms with Crippen molar-refractivity contribution >= 4 is 11.6 Å². The van der Waals surface area contributed by atoms with Crippen LogP contribution >= 0.6 is 0 Å². The lowest BCUT2D eigenvalue weighted by molar-refractivity contribution is -0.117. The highest BCUT2D eigenvalue weighted by Crippen LogP contribution is 2.23. The molecule has 3 rings (SSSR count). The van der Waals surface area contributed by atoms with E-state index in [4.69, 9.17) is 0 Å². The summed E-state index contributed by atoms with van der Waals surface area (Å²) in [6.07, 6.45) is 1.83. The first-order valence-electron chi connectivity index (χ1n) is 8.99. The van der Waals surface area contributed by atoms with Crippen molar-refractivity contribution in [1.29, 1.82) is 0 Å². The van der Waals surface area contributed by atoms with Gasteiger partial charge in [-0.15, -0.1) is 0 Å². The third kappa shape index (κ3) is 4.68. The number of benzene rings is 2. The predicted molar refractivity (Wildman–Crippen MR) is 101 cm³/mol. The number of hydrogen-bond acceptors (Lipinski definition) is 3. The molecule has 2 aromatic carbocycles. The first-order chi connectivity index (χ1) is 12.1. The van der Waals surface area contributed by atoms with E-state index in [0.717, 1.165) is 29.8 Å². The molecule has 4 nitrogen and oxygen atoms in total. The van der Waals surface area contributed by atoms with Gasteiger partial charge in [-0.1, -0.05) is 42.5 Å². The summed E-state index contributed by atoms with van der Waals surface area (Å²) in [5.74, 6) is 0.211. The highest BCUT2D eigenvalue weighted by Gasteiger charge is 2.21. The Morgan fingerprint density at radius 2 is 1.84 bits per heavy atom. The molecule has 1 amide bonds. The van der Waals surface area contributed by atoms with Gasteiger partial charge in [0.15, 0.2) is 0 Å². The van der Waals surface area contributed by atoms with Crippen LogP contribution in [0.3, 0.4) is 0 Å². The molecule has 0 spiro atoms. The zero-order valence-corrected chi connectivity index (χ0v) is 14.7. The molecule has 1 aliphatic heterocycles. The lowest BCUT2D eigenvalue weighted by Crippen LogP contribution is -2.30. The number of anilines is 1. The predicted octanol–water partition coefficient (Wildman–Crippen LogP) is 3.07. The quantitative estimate of drug-likeness (QED) is 0.816. The van der Waals surface area contributed by atoms with E-state index in [9.17, 15) is 9.90 Å². The van der Waals surface area contributed by atoms with Gasteiger partial charge >= 0.3 is 0 Å². The Labute approximate surface area is 149 Å². The third-order valence-corrected chi connectivity index (χ3v) is 4.75. The molecule has 0 radical (unpaired) electrons. The van der Waals surface area contributed by atoms with Gasteiger partial charge in [0.05, 0.1) is 6.10 Å². The average molecular weight is 338 g/mol. The highest BCUT2D eigenvalue weighted by atomic mass is 16.3. The minimum atomic E-state index is -0.411.